The Morgan fingerprint density at radius 1 is 1.50 bits per heavy atom. The first-order valence-corrected chi connectivity index (χ1v) is 5.45. The number of aliphatic hydroxyl groups is 1. The normalized spacial score (nSPS) is 18.3. The predicted molar refractivity (Wildman–Crippen MR) is 59.5 cm³/mol. The van der Waals surface area contributed by atoms with E-state index < -0.39 is 5.60 Å². The molecule has 1 saturated heterocycles. The summed E-state index contributed by atoms with van der Waals surface area (Å²) in [7, 11) is 0. The van der Waals surface area contributed by atoms with Crippen molar-refractivity contribution in [1.29, 1.82) is 0 Å². The molecule has 2 heterocycles. The Labute approximate surface area is 95.2 Å². The van der Waals surface area contributed by atoms with Crippen LogP contribution in [0, 0.1) is 6.92 Å². The molecule has 0 radical (unpaired) electrons. The summed E-state index contributed by atoms with van der Waals surface area (Å²) >= 11 is 0. The number of hydrogen-bond acceptors (Lipinski definition) is 4. The molecule has 2 rings (SSSR count). The van der Waals surface area contributed by atoms with E-state index in [0.29, 0.717) is 19.1 Å². The number of rotatable bonds is 3. The summed E-state index contributed by atoms with van der Waals surface area (Å²) in [6.07, 6.45) is 1.76. The average Bonchev–Trinajstić information content (AvgIpc) is 2.17. The van der Waals surface area contributed by atoms with Gasteiger partial charge in [-0.2, -0.15) is 0 Å². The highest BCUT2D eigenvalue weighted by molar-refractivity contribution is 5.32. The van der Waals surface area contributed by atoms with Crippen molar-refractivity contribution in [3.05, 3.63) is 23.4 Å². The quantitative estimate of drug-likeness (QED) is 0.841. The Hall–Kier alpha value is -1.13. The van der Waals surface area contributed by atoms with Gasteiger partial charge in [0.25, 0.3) is 0 Å². The summed E-state index contributed by atoms with van der Waals surface area (Å²) in [6, 6.07) is 1.91. The van der Waals surface area contributed by atoms with E-state index in [1.807, 2.05) is 26.8 Å². The second-order valence-electron chi connectivity index (χ2n) is 4.54. The number of aromatic nitrogens is 1. The number of ether oxygens (including phenoxy) is 2. The third kappa shape index (κ3) is 2.03. The van der Waals surface area contributed by atoms with Gasteiger partial charge in [0.2, 0.25) is 5.88 Å². The van der Waals surface area contributed by atoms with Gasteiger partial charge in [-0.05, 0) is 26.8 Å². The minimum absolute atomic E-state index is 0.104. The maximum absolute atomic E-state index is 10.1. The van der Waals surface area contributed by atoms with Crippen LogP contribution in [0.3, 0.4) is 0 Å². The highest BCUT2D eigenvalue weighted by Gasteiger charge is 2.38. The molecule has 1 aromatic rings. The molecule has 16 heavy (non-hydrogen) atoms. The molecule has 1 N–H and O–H groups in total. The molecule has 1 aromatic heterocycles. The van der Waals surface area contributed by atoms with Gasteiger partial charge in [-0.1, -0.05) is 0 Å². The van der Waals surface area contributed by atoms with Crippen LogP contribution in [-0.4, -0.2) is 29.4 Å². The van der Waals surface area contributed by atoms with Gasteiger partial charge < -0.3 is 14.6 Å². The van der Waals surface area contributed by atoms with Crippen molar-refractivity contribution in [2.45, 2.75) is 32.5 Å². The molecule has 0 bridgehead atoms. The molecule has 88 valence electrons. The van der Waals surface area contributed by atoms with Crippen LogP contribution in [-0.2, 0) is 10.3 Å². The lowest BCUT2D eigenvalue weighted by atomic mass is 9.93. The van der Waals surface area contributed by atoms with Gasteiger partial charge in [-0.15, -0.1) is 0 Å². The summed E-state index contributed by atoms with van der Waals surface area (Å²) < 4.78 is 10.6. The van der Waals surface area contributed by atoms with Crippen LogP contribution < -0.4 is 4.74 Å². The molecular formula is C12H17NO3. The van der Waals surface area contributed by atoms with E-state index in [9.17, 15) is 5.11 Å². The number of hydrogen-bond donors (Lipinski definition) is 1. The van der Waals surface area contributed by atoms with E-state index in [2.05, 4.69) is 4.98 Å². The van der Waals surface area contributed by atoms with E-state index in [1.165, 1.54) is 0 Å². The molecule has 1 aliphatic rings. The monoisotopic (exact) mass is 223 g/mol. The van der Waals surface area contributed by atoms with Crippen LogP contribution in [0.25, 0.3) is 0 Å². The number of pyridine rings is 1. The fourth-order valence-corrected chi connectivity index (χ4v) is 1.63. The zero-order valence-corrected chi connectivity index (χ0v) is 9.86. The first kappa shape index (κ1) is 11.4. The Bertz CT molecular complexity index is 386. The molecule has 0 saturated carbocycles. The molecule has 0 unspecified atom stereocenters. The number of nitrogens with zero attached hydrogens (tertiary/aromatic N) is 1. The van der Waals surface area contributed by atoms with Crippen LogP contribution in [0.15, 0.2) is 12.3 Å². The van der Waals surface area contributed by atoms with E-state index in [1.54, 1.807) is 6.20 Å². The van der Waals surface area contributed by atoms with Gasteiger partial charge in [0, 0.05) is 17.3 Å². The summed E-state index contributed by atoms with van der Waals surface area (Å²) in [5.74, 6) is 0.627. The van der Waals surface area contributed by atoms with Gasteiger partial charge in [0.15, 0.2) is 0 Å². The minimum atomic E-state index is -0.853. The second kappa shape index (κ2) is 4.03. The predicted octanol–water partition coefficient (Wildman–Crippen LogP) is 1.40. The summed E-state index contributed by atoms with van der Waals surface area (Å²) in [6.45, 7) is 6.54. The Morgan fingerprint density at radius 2 is 2.19 bits per heavy atom. The molecule has 0 aromatic carbocycles. The van der Waals surface area contributed by atoms with E-state index in [4.69, 9.17) is 9.47 Å². The van der Waals surface area contributed by atoms with Gasteiger partial charge in [-0.25, -0.2) is 4.98 Å². The van der Waals surface area contributed by atoms with Gasteiger partial charge >= 0.3 is 0 Å². The molecule has 0 spiro atoms. The maximum Gasteiger partial charge on any atom is 0.216 e. The van der Waals surface area contributed by atoms with Crippen molar-refractivity contribution in [3.63, 3.8) is 0 Å². The molecule has 0 amide bonds. The second-order valence-corrected chi connectivity index (χ2v) is 4.54. The standard InChI is InChI=1S/C12H17NO3/c1-8(2)16-11-9(3)4-10(5-13-11)12(14)6-15-7-12/h4-5,8,14H,6-7H2,1-3H3. The van der Waals surface area contributed by atoms with Crippen molar-refractivity contribution in [3.8, 4) is 5.88 Å². The SMILES string of the molecule is Cc1cc(C2(O)COC2)cnc1OC(C)C. The molecule has 1 aliphatic heterocycles. The third-order valence-electron chi connectivity index (χ3n) is 2.60. The molecule has 1 fully saturated rings. The molecular weight excluding hydrogens is 206 g/mol. The Morgan fingerprint density at radius 3 is 2.62 bits per heavy atom. The summed E-state index contributed by atoms with van der Waals surface area (Å²) in [5, 5.41) is 10.1. The highest BCUT2D eigenvalue weighted by atomic mass is 16.5. The lowest BCUT2D eigenvalue weighted by Crippen LogP contribution is -2.46. The largest absolute Gasteiger partial charge is 0.475 e. The molecule has 0 atom stereocenters. The lowest BCUT2D eigenvalue weighted by Gasteiger charge is -2.36. The fourth-order valence-electron chi connectivity index (χ4n) is 1.63. The summed E-state index contributed by atoms with van der Waals surface area (Å²) in [5.41, 5.74) is 0.882. The first-order chi connectivity index (χ1) is 7.51. The average molecular weight is 223 g/mol. The van der Waals surface area contributed by atoms with Gasteiger partial charge in [-0.3, -0.25) is 0 Å². The van der Waals surface area contributed by atoms with Gasteiger partial charge in [0.05, 0.1) is 19.3 Å². The van der Waals surface area contributed by atoms with Crippen LogP contribution in [0.1, 0.15) is 25.0 Å². The summed E-state index contributed by atoms with van der Waals surface area (Å²) in [4.78, 5) is 4.23. The topological polar surface area (TPSA) is 51.6 Å². The Balaban J connectivity index is 2.22. The van der Waals surface area contributed by atoms with Crippen molar-refractivity contribution >= 4 is 0 Å². The van der Waals surface area contributed by atoms with Gasteiger partial charge in [0.1, 0.15) is 5.60 Å². The van der Waals surface area contributed by atoms with Crippen LogP contribution in [0.5, 0.6) is 5.88 Å². The van der Waals surface area contributed by atoms with Crippen molar-refractivity contribution in [2.75, 3.05) is 13.2 Å². The third-order valence-corrected chi connectivity index (χ3v) is 2.60. The minimum Gasteiger partial charge on any atom is -0.475 e. The van der Waals surface area contributed by atoms with Crippen molar-refractivity contribution in [2.24, 2.45) is 0 Å². The molecule has 4 nitrogen and oxygen atoms in total. The maximum atomic E-state index is 10.1. The van der Waals surface area contributed by atoms with Crippen LogP contribution in [0.4, 0.5) is 0 Å². The highest BCUT2D eigenvalue weighted by Crippen LogP contribution is 2.30. The zero-order chi connectivity index (χ0) is 11.8. The lowest BCUT2D eigenvalue weighted by molar-refractivity contribution is -0.184. The smallest absolute Gasteiger partial charge is 0.216 e. The van der Waals surface area contributed by atoms with E-state index in [-0.39, 0.29) is 6.10 Å². The van der Waals surface area contributed by atoms with Crippen LogP contribution >= 0.6 is 0 Å². The zero-order valence-electron chi connectivity index (χ0n) is 9.86. The van der Waals surface area contributed by atoms with E-state index >= 15 is 0 Å². The fraction of sp³-hybridized carbons (Fsp3) is 0.583. The van der Waals surface area contributed by atoms with Crippen molar-refractivity contribution < 1.29 is 14.6 Å². The number of aryl methyl sites for hydroxylation is 1. The Kier molecular flexibility index (Phi) is 2.86. The molecule has 4 heteroatoms. The van der Waals surface area contributed by atoms with E-state index in [0.717, 1.165) is 11.1 Å². The van der Waals surface area contributed by atoms with Crippen LogP contribution in [0.2, 0.25) is 0 Å². The first-order valence-electron chi connectivity index (χ1n) is 5.45. The van der Waals surface area contributed by atoms with Crippen molar-refractivity contribution in [1.82, 2.24) is 4.98 Å². The molecule has 0 aliphatic carbocycles.